The lowest BCUT2D eigenvalue weighted by Gasteiger charge is -2.14. The third kappa shape index (κ3) is 7.33. The molecular weight excluding hydrogens is 476 g/mol. The first kappa shape index (κ1) is 22.5. The van der Waals surface area contributed by atoms with Crippen LogP contribution >= 0.6 is 24.0 Å². The molecule has 2 rings (SSSR count). The van der Waals surface area contributed by atoms with E-state index in [1.54, 1.807) is 24.3 Å². The van der Waals surface area contributed by atoms with Crippen LogP contribution in [0.25, 0.3) is 0 Å². The molecule has 0 bridgehead atoms. The summed E-state index contributed by atoms with van der Waals surface area (Å²) in [7, 11) is 1.52. The number of amides is 1. The minimum Gasteiger partial charge on any atom is -0.404 e. The van der Waals surface area contributed by atoms with Crippen LogP contribution in [0.5, 0.6) is 5.75 Å². The molecule has 0 spiro atoms. The molecule has 6 nitrogen and oxygen atoms in total. The number of anilines is 1. The number of aliphatic imine (C=N–C) groups is 1. The van der Waals surface area contributed by atoms with Crippen LogP contribution in [0.1, 0.15) is 15.9 Å². The quantitative estimate of drug-likeness (QED) is 0.338. The van der Waals surface area contributed by atoms with E-state index in [9.17, 15) is 18.0 Å². The number of ether oxygens (including phenoxy) is 1. The summed E-state index contributed by atoms with van der Waals surface area (Å²) in [5, 5.41) is 5.09. The molecule has 0 aliphatic heterocycles. The van der Waals surface area contributed by atoms with Gasteiger partial charge in [-0.3, -0.25) is 4.79 Å². The summed E-state index contributed by atoms with van der Waals surface area (Å²) < 4.78 is 41.2. The number of benzene rings is 2. The number of carbonyl (C=O) groups excluding carboxylic acids is 1. The molecule has 146 valence electrons. The molecular formula is C17H18F3IN4O2. The first-order valence-corrected chi connectivity index (χ1v) is 7.51. The third-order valence-electron chi connectivity index (χ3n) is 3.22. The Morgan fingerprint density at radius 3 is 2.56 bits per heavy atom. The fraction of sp³-hybridized carbons (Fsp3) is 0.176. The van der Waals surface area contributed by atoms with Crippen LogP contribution < -0.4 is 21.1 Å². The molecule has 10 heteroatoms. The zero-order chi connectivity index (χ0) is 19.2. The van der Waals surface area contributed by atoms with E-state index in [1.807, 2.05) is 0 Å². The van der Waals surface area contributed by atoms with Gasteiger partial charge in [0.2, 0.25) is 0 Å². The number of para-hydroxylation sites is 2. The number of nitrogens with two attached hydrogens (primary N) is 1. The van der Waals surface area contributed by atoms with E-state index in [2.05, 4.69) is 20.4 Å². The average molecular weight is 494 g/mol. The Hall–Kier alpha value is -2.50. The molecule has 0 aliphatic rings. The number of nitrogens with one attached hydrogen (secondary N) is 2. The van der Waals surface area contributed by atoms with Crippen LogP contribution in [0.15, 0.2) is 53.5 Å². The molecule has 0 aromatic heterocycles. The molecule has 0 fully saturated rings. The van der Waals surface area contributed by atoms with Gasteiger partial charge >= 0.3 is 6.36 Å². The van der Waals surface area contributed by atoms with Gasteiger partial charge in [0.05, 0.1) is 12.2 Å². The Morgan fingerprint density at radius 2 is 1.89 bits per heavy atom. The van der Waals surface area contributed by atoms with Crippen molar-refractivity contribution < 1.29 is 22.7 Å². The standard InChI is InChI=1S/C17H17F3N4O2.HI/c1-22-15(25)12-6-4-5-11(9-12)10-23-16(21)24-13-7-2-3-8-14(13)26-17(18,19)20;/h2-9H,10H2,1H3,(H,22,25)(H3,21,23,24);1H. The second-order valence-electron chi connectivity index (χ2n) is 5.15. The molecule has 4 N–H and O–H groups in total. The lowest BCUT2D eigenvalue weighted by Crippen LogP contribution is -2.24. The molecule has 0 unspecified atom stereocenters. The van der Waals surface area contributed by atoms with Crippen molar-refractivity contribution in [1.29, 1.82) is 0 Å². The highest BCUT2D eigenvalue weighted by Crippen LogP contribution is 2.29. The summed E-state index contributed by atoms with van der Waals surface area (Å²) in [4.78, 5) is 15.7. The van der Waals surface area contributed by atoms with Gasteiger partial charge in [-0.05, 0) is 29.8 Å². The second-order valence-corrected chi connectivity index (χ2v) is 5.15. The van der Waals surface area contributed by atoms with Gasteiger partial charge < -0.3 is 21.1 Å². The normalized spacial score (nSPS) is 11.3. The van der Waals surface area contributed by atoms with Gasteiger partial charge in [0, 0.05) is 12.6 Å². The Bertz CT molecular complexity index is 813. The van der Waals surface area contributed by atoms with Crippen LogP contribution in [-0.4, -0.2) is 25.3 Å². The van der Waals surface area contributed by atoms with Gasteiger partial charge in [0.1, 0.15) is 0 Å². The van der Waals surface area contributed by atoms with E-state index in [0.29, 0.717) is 5.56 Å². The molecule has 0 heterocycles. The first-order chi connectivity index (χ1) is 12.3. The Kier molecular flexibility index (Phi) is 8.34. The molecule has 0 radical (unpaired) electrons. The maximum atomic E-state index is 12.4. The number of halogens is 4. The lowest BCUT2D eigenvalue weighted by atomic mass is 10.1. The average Bonchev–Trinajstić information content (AvgIpc) is 2.60. The number of hydrogen-bond acceptors (Lipinski definition) is 3. The molecule has 0 saturated carbocycles. The SMILES string of the molecule is CNC(=O)c1cccc(CN=C(N)Nc2ccccc2OC(F)(F)F)c1.I. The van der Waals surface area contributed by atoms with Crippen molar-refractivity contribution in [3.8, 4) is 5.75 Å². The summed E-state index contributed by atoms with van der Waals surface area (Å²) in [6.07, 6.45) is -4.82. The predicted octanol–water partition coefficient (Wildman–Crippen LogP) is 3.49. The van der Waals surface area contributed by atoms with Gasteiger partial charge in [-0.25, -0.2) is 4.99 Å². The van der Waals surface area contributed by atoms with Crippen LogP contribution in [0.3, 0.4) is 0 Å². The minimum atomic E-state index is -4.82. The Balaban J connectivity index is 0.00000364. The van der Waals surface area contributed by atoms with Crippen LogP contribution in [-0.2, 0) is 6.54 Å². The van der Waals surface area contributed by atoms with Gasteiger partial charge in [-0.1, -0.05) is 24.3 Å². The van der Waals surface area contributed by atoms with E-state index >= 15 is 0 Å². The van der Waals surface area contributed by atoms with Crippen LogP contribution in [0, 0.1) is 0 Å². The van der Waals surface area contributed by atoms with Gasteiger partial charge in [0.25, 0.3) is 5.91 Å². The molecule has 2 aromatic rings. The molecule has 1 amide bonds. The van der Waals surface area contributed by atoms with Crippen molar-refractivity contribution in [3.05, 3.63) is 59.7 Å². The van der Waals surface area contributed by atoms with Gasteiger partial charge in [-0.2, -0.15) is 0 Å². The van der Waals surface area contributed by atoms with Crippen molar-refractivity contribution in [2.75, 3.05) is 12.4 Å². The number of hydrogen-bond donors (Lipinski definition) is 3. The predicted molar refractivity (Wildman–Crippen MR) is 107 cm³/mol. The Labute approximate surface area is 171 Å². The molecule has 0 saturated heterocycles. The largest absolute Gasteiger partial charge is 0.573 e. The third-order valence-corrected chi connectivity index (χ3v) is 3.22. The van der Waals surface area contributed by atoms with Gasteiger partial charge in [0.15, 0.2) is 11.7 Å². The van der Waals surface area contributed by atoms with Crippen molar-refractivity contribution >= 4 is 41.5 Å². The van der Waals surface area contributed by atoms with E-state index in [0.717, 1.165) is 11.6 Å². The zero-order valence-electron chi connectivity index (χ0n) is 14.2. The molecule has 2 aromatic carbocycles. The maximum Gasteiger partial charge on any atom is 0.573 e. The summed E-state index contributed by atoms with van der Waals surface area (Å²) in [5.41, 5.74) is 6.95. The van der Waals surface area contributed by atoms with E-state index in [4.69, 9.17) is 5.73 Å². The van der Waals surface area contributed by atoms with Crippen LogP contribution in [0.2, 0.25) is 0 Å². The fourth-order valence-electron chi connectivity index (χ4n) is 2.09. The van der Waals surface area contributed by atoms with Crippen molar-refractivity contribution in [1.82, 2.24) is 5.32 Å². The lowest BCUT2D eigenvalue weighted by molar-refractivity contribution is -0.274. The summed E-state index contributed by atoms with van der Waals surface area (Å²) in [6.45, 7) is 0.145. The van der Waals surface area contributed by atoms with E-state index in [-0.39, 0.29) is 48.1 Å². The molecule has 27 heavy (non-hydrogen) atoms. The highest BCUT2D eigenvalue weighted by Gasteiger charge is 2.32. The van der Waals surface area contributed by atoms with Crippen molar-refractivity contribution in [3.63, 3.8) is 0 Å². The molecule has 0 aliphatic carbocycles. The highest BCUT2D eigenvalue weighted by molar-refractivity contribution is 14.0. The summed E-state index contributed by atoms with van der Waals surface area (Å²) >= 11 is 0. The first-order valence-electron chi connectivity index (χ1n) is 7.51. The van der Waals surface area contributed by atoms with Crippen molar-refractivity contribution in [2.24, 2.45) is 10.7 Å². The van der Waals surface area contributed by atoms with Crippen molar-refractivity contribution in [2.45, 2.75) is 12.9 Å². The number of nitrogens with zero attached hydrogens (tertiary/aromatic N) is 1. The second kappa shape index (κ2) is 10.00. The number of carbonyl (C=O) groups is 1. The fourth-order valence-corrected chi connectivity index (χ4v) is 2.09. The summed E-state index contributed by atoms with van der Waals surface area (Å²) in [6, 6.07) is 12.2. The van der Waals surface area contributed by atoms with Gasteiger partial charge in [-0.15, -0.1) is 37.1 Å². The topological polar surface area (TPSA) is 88.7 Å². The summed E-state index contributed by atoms with van der Waals surface area (Å²) in [5.74, 6) is -0.742. The van der Waals surface area contributed by atoms with E-state index in [1.165, 1.54) is 25.2 Å². The van der Waals surface area contributed by atoms with E-state index < -0.39 is 12.1 Å². The monoisotopic (exact) mass is 494 g/mol. The minimum absolute atomic E-state index is 0. The maximum absolute atomic E-state index is 12.4. The number of guanidine groups is 1. The smallest absolute Gasteiger partial charge is 0.404 e. The highest BCUT2D eigenvalue weighted by atomic mass is 127. The Morgan fingerprint density at radius 1 is 1.19 bits per heavy atom. The zero-order valence-corrected chi connectivity index (χ0v) is 16.5. The number of alkyl halides is 3. The molecule has 0 atom stereocenters. The number of rotatable bonds is 5. The van der Waals surface area contributed by atoms with Crippen LogP contribution in [0.4, 0.5) is 18.9 Å².